The van der Waals surface area contributed by atoms with E-state index in [1.165, 1.54) is 12.1 Å². The van der Waals surface area contributed by atoms with Crippen molar-refractivity contribution in [2.45, 2.75) is 19.5 Å². The molecule has 0 unspecified atom stereocenters. The maximum atomic E-state index is 12.4. The molecule has 4 nitrogen and oxygen atoms in total. The van der Waals surface area contributed by atoms with E-state index in [1.54, 1.807) is 24.3 Å². The van der Waals surface area contributed by atoms with Gasteiger partial charge in [0.1, 0.15) is 5.75 Å². The number of alkyl halides is 3. The minimum atomic E-state index is -4.45. The third kappa shape index (κ3) is 5.68. The highest BCUT2D eigenvalue weighted by molar-refractivity contribution is 6.05. The summed E-state index contributed by atoms with van der Waals surface area (Å²) in [6.45, 7) is 1.56. The number of carbonyl (C=O) groups excluding carboxylic acids is 1. The maximum Gasteiger partial charge on any atom is 0.422 e. The Balaban J connectivity index is 2.08. The standard InChI is InChI=1S/C19H21F3N2O2/c1-3-12-24(2)15-10-8-14(9-11-15)18(25)23-16-6-4-5-7-17(16)26-13-19(20,21)22/h4-11H,3,12-13H2,1-2H3,(H,23,25). The molecule has 0 fully saturated rings. The van der Waals surface area contributed by atoms with Gasteiger partial charge in [-0.05, 0) is 42.8 Å². The lowest BCUT2D eigenvalue weighted by Gasteiger charge is -2.18. The van der Waals surface area contributed by atoms with Crippen molar-refractivity contribution in [3.05, 3.63) is 54.1 Å². The van der Waals surface area contributed by atoms with Gasteiger partial charge in [-0.25, -0.2) is 0 Å². The zero-order valence-electron chi connectivity index (χ0n) is 14.6. The van der Waals surface area contributed by atoms with Crippen LogP contribution in [0, 0.1) is 0 Å². The predicted octanol–water partition coefficient (Wildman–Crippen LogP) is 4.73. The monoisotopic (exact) mass is 366 g/mol. The molecule has 1 N–H and O–H groups in total. The normalized spacial score (nSPS) is 11.1. The Hall–Kier alpha value is -2.70. The van der Waals surface area contributed by atoms with E-state index in [4.69, 9.17) is 4.74 Å². The molecule has 0 bridgehead atoms. The van der Waals surface area contributed by atoms with E-state index >= 15 is 0 Å². The summed E-state index contributed by atoms with van der Waals surface area (Å²) in [5, 5.41) is 2.59. The van der Waals surface area contributed by atoms with Crippen molar-refractivity contribution >= 4 is 17.3 Å². The number of carbonyl (C=O) groups is 1. The highest BCUT2D eigenvalue weighted by Crippen LogP contribution is 2.27. The van der Waals surface area contributed by atoms with Gasteiger partial charge in [0, 0.05) is 24.8 Å². The van der Waals surface area contributed by atoms with Gasteiger partial charge in [0.2, 0.25) is 0 Å². The highest BCUT2D eigenvalue weighted by Gasteiger charge is 2.28. The third-order valence-corrected chi connectivity index (χ3v) is 3.66. The number of halogens is 3. The summed E-state index contributed by atoms with van der Waals surface area (Å²) in [4.78, 5) is 14.4. The topological polar surface area (TPSA) is 41.6 Å². The van der Waals surface area contributed by atoms with Gasteiger partial charge in [0.05, 0.1) is 5.69 Å². The average molecular weight is 366 g/mol. The Bertz CT molecular complexity index is 730. The van der Waals surface area contributed by atoms with E-state index in [9.17, 15) is 18.0 Å². The molecule has 2 aromatic carbocycles. The molecule has 2 aromatic rings. The van der Waals surface area contributed by atoms with Crippen molar-refractivity contribution in [3.63, 3.8) is 0 Å². The molecule has 0 atom stereocenters. The fourth-order valence-electron chi connectivity index (χ4n) is 2.38. The van der Waals surface area contributed by atoms with Crippen LogP contribution in [0.2, 0.25) is 0 Å². The van der Waals surface area contributed by atoms with Crippen LogP contribution >= 0.6 is 0 Å². The summed E-state index contributed by atoms with van der Waals surface area (Å²) >= 11 is 0. The zero-order valence-corrected chi connectivity index (χ0v) is 14.6. The Kier molecular flexibility index (Phi) is 6.49. The number of rotatable bonds is 7. The number of hydrogen-bond donors (Lipinski definition) is 1. The number of benzene rings is 2. The van der Waals surface area contributed by atoms with E-state index in [0.29, 0.717) is 5.56 Å². The number of para-hydroxylation sites is 2. The number of hydrogen-bond acceptors (Lipinski definition) is 3. The van der Waals surface area contributed by atoms with Gasteiger partial charge in [0.25, 0.3) is 5.91 Å². The number of amides is 1. The Morgan fingerprint density at radius 1 is 1.12 bits per heavy atom. The molecule has 0 radical (unpaired) electrons. The second-order valence-electron chi connectivity index (χ2n) is 5.82. The van der Waals surface area contributed by atoms with Gasteiger partial charge < -0.3 is 15.0 Å². The van der Waals surface area contributed by atoms with Gasteiger partial charge in [-0.15, -0.1) is 0 Å². The van der Waals surface area contributed by atoms with Crippen LogP contribution < -0.4 is 15.0 Å². The van der Waals surface area contributed by atoms with Gasteiger partial charge >= 0.3 is 6.18 Å². The quantitative estimate of drug-likeness (QED) is 0.770. The fraction of sp³-hybridized carbons (Fsp3) is 0.316. The van der Waals surface area contributed by atoms with Crippen LogP contribution in [0.15, 0.2) is 48.5 Å². The second-order valence-corrected chi connectivity index (χ2v) is 5.82. The Morgan fingerprint density at radius 2 is 1.77 bits per heavy atom. The third-order valence-electron chi connectivity index (χ3n) is 3.66. The highest BCUT2D eigenvalue weighted by atomic mass is 19.4. The summed E-state index contributed by atoms with van der Waals surface area (Å²) in [5.41, 5.74) is 1.58. The van der Waals surface area contributed by atoms with E-state index in [-0.39, 0.29) is 11.4 Å². The summed E-state index contributed by atoms with van der Waals surface area (Å²) < 4.78 is 41.8. The van der Waals surface area contributed by atoms with Crippen molar-refractivity contribution in [3.8, 4) is 5.75 Å². The molecule has 0 spiro atoms. The van der Waals surface area contributed by atoms with E-state index in [2.05, 4.69) is 17.1 Å². The number of anilines is 2. The van der Waals surface area contributed by atoms with E-state index in [1.807, 2.05) is 19.2 Å². The summed E-state index contributed by atoms with van der Waals surface area (Å²) in [7, 11) is 1.97. The first-order valence-electron chi connectivity index (χ1n) is 8.21. The van der Waals surface area contributed by atoms with Crippen molar-refractivity contribution in [2.24, 2.45) is 0 Å². The lowest BCUT2D eigenvalue weighted by atomic mass is 10.1. The molecular formula is C19H21F3N2O2. The van der Waals surface area contributed by atoms with Crippen LogP contribution in [0.1, 0.15) is 23.7 Å². The first-order chi connectivity index (χ1) is 12.3. The van der Waals surface area contributed by atoms with Gasteiger partial charge in [-0.1, -0.05) is 19.1 Å². The molecule has 0 aliphatic heterocycles. The first kappa shape index (κ1) is 19.6. The molecule has 140 valence electrons. The zero-order chi connectivity index (χ0) is 19.2. The molecule has 0 aromatic heterocycles. The van der Waals surface area contributed by atoms with Crippen LogP contribution in [-0.2, 0) is 0 Å². The molecule has 0 saturated heterocycles. The molecule has 0 heterocycles. The predicted molar refractivity (Wildman–Crippen MR) is 95.9 cm³/mol. The summed E-state index contributed by atoms with van der Waals surface area (Å²) in [6.07, 6.45) is -3.44. The molecule has 26 heavy (non-hydrogen) atoms. The number of nitrogens with one attached hydrogen (secondary N) is 1. The number of nitrogens with zero attached hydrogens (tertiary/aromatic N) is 1. The van der Waals surface area contributed by atoms with Crippen LogP contribution in [-0.4, -0.2) is 32.3 Å². The Labute approximate surface area is 150 Å². The molecule has 0 saturated carbocycles. The lowest BCUT2D eigenvalue weighted by molar-refractivity contribution is -0.153. The molecular weight excluding hydrogens is 345 g/mol. The fourth-order valence-corrected chi connectivity index (χ4v) is 2.38. The van der Waals surface area contributed by atoms with Gasteiger partial charge in [-0.3, -0.25) is 4.79 Å². The van der Waals surface area contributed by atoms with Gasteiger partial charge in [-0.2, -0.15) is 13.2 Å². The van der Waals surface area contributed by atoms with Crippen LogP contribution in [0.5, 0.6) is 5.75 Å². The molecule has 7 heteroatoms. The van der Waals surface area contributed by atoms with Gasteiger partial charge in [0.15, 0.2) is 6.61 Å². The van der Waals surface area contributed by atoms with Crippen molar-refractivity contribution in [1.29, 1.82) is 0 Å². The second kappa shape index (κ2) is 8.60. The molecule has 1 amide bonds. The summed E-state index contributed by atoms with van der Waals surface area (Å²) in [6, 6.07) is 13.0. The maximum absolute atomic E-state index is 12.4. The largest absolute Gasteiger partial charge is 0.482 e. The van der Waals surface area contributed by atoms with Crippen LogP contribution in [0.4, 0.5) is 24.5 Å². The number of ether oxygens (including phenoxy) is 1. The van der Waals surface area contributed by atoms with E-state index < -0.39 is 18.7 Å². The SMILES string of the molecule is CCCN(C)c1ccc(C(=O)Nc2ccccc2OCC(F)(F)F)cc1. The minimum Gasteiger partial charge on any atom is -0.482 e. The first-order valence-corrected chi connectivity index (χ1v) is 8.21. The minimum absolute atomic E-state index is 0.0301. The van der Waals surface area contributed by atoms with Crippen molar-refractivity contribution < 1.29 is 22.7 Å². The van der Waals surface area contributed by atoms with Crippen molar-refractivity contribution in [2.75, 3.05) is 30.4 Å². The molecule has 0 aliphatic carbocycles. The Morgan fingerprint density at radius 3 is 2.38 bits per heavy atom. The summed E-state index contributed by atoms with van der Waals surface area (Å²) in [5.74, 6) is -0.449. The van der Waals surface area contributed by atoms with Crippen LogP contribution in [0.3, 0.4) is 0 Å². The lowest BCUT2D eigenvalue weighted by Crippen LogP contribution is -2.20. The smallest absolute Gasteiger partial charge is 0.422 e. The van der Waals surface area contributed by atoms with E-state index in [0.717, 1.165) is 18.7 Å². The average Bonchev–Trinajstić information content (AvgIpc) is 2.60. The molecule has 2 rings (SSSR count). The van der Waals surface area contributed by atoms with Crippen molar-refractivity contribution in [1.82, 2.24) is 0 Å². The van der Waals surface area contributed by atoms with Crippen LogP contribution in [0.25, 0.3) is 0 Å². The molecule has 0 aliphatic rings.